The fourth-order valence-corrected chi connectivity index (χ4v) is 2.34. The molecule has 0 aliphatic carbocycles. The molecule has 18 heavy (non-hydrogen) atoms. The van der Waals surface area contributed by atoms with Gasteiger partial charge in [0.1, 0.15) is 5.75 Å². The van der Waals surface area contributed by atoms with E-state index >= 15 is 0 Å². The minimum atomic E-state index is -1.06. The van der Waals surface area contributed by atoms with Gasteiger partial charge in [0.25, 0.3) is 5.88 Å². The summed E-state index contributed by atoms with van der Waals surface area (Å²) >= 11 is 1.36. The number of imidazole rings is 1. The van der Waals surface area contributed by atoms with Crippen LogP contribution in [0.1, 0.15) is 10.5 Å². The van der Waals surface area contributed by atoms with E-state index < -0.39 is 5.97 Å². The Hall–Kier alpha value is -2.34. The lowest BCUT2D eigenvalue weighted by Crippen LogP contribution is -2.02. The number of fused-ring (bicyclic) bond motifs is 1. The van der Waals surface area contributed by atoms with Gasteiger partial charge in [-0.3, -0.25) is 4.40 Å². The Morgan fingerprint density at radius 1 is 1.33 bits per heavy atom. The number of rotatable bonds is 3. The smallest absolute Gasteiger partial charge is 0.358 e. The van der Waals surface area contributed by atoms with Crippen molar-refractivity contribution < 1.29 is 14.6 Å². The van der Waals surface area contributed by atoms with E-state index in [1.165, 1.54) is 15.7 Å². The molecule has 5 nitrogen and oxygen atoms in total. The average molecular weight is 260 g/mol. The summed E-state index contributed by atoms with van der Waals surface area (Å²) in [6.07, 6.45) is 1.66. The van der Waals surface area contributed by atoms with Crippen molar-refractivity contribution in [2.24, 2.45) is 0 Å². The summed E-state index contributed by atoms with van der Waals surface area (Å²) in [5.74, 6) is -0.391. The van der Waals surface area contributed by atoms with E-state index in [1.54, 1.807) is 23.7 Å². The summed E-state index contributed by atoms with van der Waals surface area (Å²) in [7, 11) is 0. The molecule has 0 aliphatic rings. The molecule has 3 aromatic rings. The van der Waals surface area contributed by atoms with E-state index in [0.717, 1.165) is 0 Å². The largest absolute Gasteiger partial charge is 0.476 e. The SMILES string of the molecule is O=C(O)c1c(Oc2ccccc2)nc2sccn12. The van der Waals surface area contributed by atoms with Crippen LogP contribution in [0, 0.1) is 0 Å². The van der Waals surface area contributed by atoms with Crippen LogP contribution in [0.15, 0.2) is 41.9 Å². The van der Waals surface area contributed by atoms with Crippen LogP contribution in [0.4, 0.5) is 0 Å². The number of hydrogen-bond donors (Lipinski definition) is 1. The first-order chi connectivity index (χ1) is 8.75. The lowest BCUT2D eigenvalue weighted by Gasteiger charge is -2.02. The predicted octanol–water partition coefficient (Wildman–Crippen LogP) is 2.89. The zero-order chi connectivity index (χ0) is 12.5. The van der Waals surface area contributed by atoms with Crippen LogP contribution in [0.25, 0.3) is 4.96 Å². The summed E-state index contributed by atoms with van der Waals surface area (Å²) in [5, 5.41) is 11.0. The normalized spacial score (nSPS) is 10.7. The number of carboxylic acid groups (broad SMARTS) is 1. The van der Waals surface area contributed by atoms with Gasteiger partial charge in [0.15, 0.2) is 10.7 Å². The zero-order valence-electron chi connectivity index (χ0n) is 9.11. The van der Waals surface area contributed by atoms with Crippen LogP contribution in [0.2, 0.25) is 0 Å². The maximum atomic E-state index is 11.2. The van der Waals surface area contributed by atoms with E-state index in [-0.39, 0.29) is 11.6 Å². The number of nitrogens with zero attached hydrogens (tertiary/aromatic N) is 2. The van der Waals surface area contributed by atoms with Gasteiger partial charge < -0.3 is 9.84 Å². The number of hydrogen-bond acceptors (Lipinski definition) is 4. The van der Waals surface area contributed by atoms with Gasteiger partial charge >= 0.3 is 5.97 Å². The van der Waals surface area contributed by atoms with Gasteiger partial charge in [0, 0.05) is 11.6 Å². The first-order valence-corrected chi connectivity index (χ1v) is 6.05. The molecular weight excluding hydrogens is 252 g/mol. The molecule has 3 rings (SSSR count). The van der Waals surface area contributed by atoms with Crippen LogP contribution in [-0.4, -0.2) is 20.5 Å². The maximum Gasteiger partial charge on any atom is 0.358 e. The molecule has 0 saturated carbocycles. The monoisotopic (exact) mass is 260 g/mol. The van der Waals surface area contributed by atoms with Crippen LogP contribution in [0.3, 0.4) is 0 Å². The second-order valence-electron chi connectivity index (χ2n) is 3.54. The van der Waals surface area contributed by atoms with Gasteiger partial charge in [-0.05, 0) is 12.1 Å². The Bertz CT molecular complexity index is 703. The van der Waals surface area contributed by atoms with Crippen molar-refractivity contribution in [1.82, 2.24) is 9.38 Å². The summed E-state index contributed by atoms with van der Waals surface area (Å²) in [6.45, 7) is 0. The quantitative estimate of drug-likeness (QED) is 0.786. The number of thiazole rings is 1. The molecule has 6 heteroatoms. The lowest BCUT2D eigenvalue weighted by atomic mass is 10.3. The second-order valence-corrected chi connectivity index (χ2v) is 4.41. The molecule has 0 bridgehead atoms. The summed E-state index contributed by atoms with van der Waals surface area (Å²) in [5.41, 5.74) is 0.0371. The van der Waals surface area contributed by atoms with E-state index in [4.69, 9.17) is 4.74 Å². The van der Waals surface area contributed by atoms with E-state index in [1.807, 2.05) is 18.2 Å². The van der Waals surface area contributed by atoms with E-state index in [2.05, 4.69) is 4.98 Å². The fraction of sp³-hybridized carbons (Fsp3) is 0. The minimum Gasteiger partial charge on any atom is -0.476 e. The van der Waals surface area contributed by atoms with Crippen molar-refractivity contribution in [2.45, 2.75) is 0 Å². The highest BCUT2D eigenvalue weighted by atomic mass is 32.1. The summed E-state index contributed by atoms with van der Waals surface area (Å²) in [6, 6.07) is 8.98. The number of aromatic nitrogens is 2. The third kappa shape index (κ3) is 1.72. The van der Waals surface area contributed by atoms with Crippen molar-refractivity contribution in [3.05, 3.63) is 47.6 Å². The van der Waals surface area contributed by atoms with Gasteiger partial charge in [0.05, 0.1) is 0 Å². The van der Waals surface area contributed by atoms with Gasteiger partial charge in [-0.2, -0.15) is 4.98 Å². The Balaban J connectivity index is 2.08. The van der Waals surface area contributed by atoms with Gasteiger partial charge in [0.2, 0.25) is 0 Å². The Morgan fingerprint density at radius 3 is 2.83 bits per heavy atom. The molecule has 1 N–H and O–H groups in total. The molecule has 2 aromatic heterocycles. The summed E-state index contributed by atoms with van der Waals surface area (Å²) in [4.78, 5) is 16.0. The molecule has 0 amide bonds. The molecule has 0 atom stereocenters. The van der Waals surface area contributed by atoms with Crippen LogP contribution < -0.4 is 4.74 Å². The molecule has 1 aromatic carbocycles. The van der Waals surface area contributed by atoms with E-state index in [0.29, 0.717) is 10.7 Å². The Labute approximate surface area is 106 Å². The molecule has 90 valence electrons. The molecule has 0 aliphatic heterocycles. The third-order valence-corrected chi connectivity index (χ3v) is 3.15. The number of carboxylic acids is 1. The minimum absolute atomic E-state index is 0.0371. The number of benzene rings is 1. The molecule has 0 spiro atoms. The predicted molar refractivity (Wildman–Crippen MR) is 66.5 cm³/mol. The molecule has 2 heterocycles. The molecular formula is C12H8N2O3S. The first-order valence-electron chi connectivity index (χ1n) is 5.17. The highest BCUT2D eigenvalue weighted by molar-refractivity contribution is 7.15. The number of para-hydroxylation sites is 1. The van der Waals surface area contributed by atoms with Crippen molar-refractivity contribution in [3.63, 3.8) is 0 Å². The highest BCUT2D eigenvalue weighted by Crippen LogP contribution is 2.27. The topological polar surface area (TPSA) is 63.8 Å². The van der Waals surface area contributed by atoms with Gasteiger partial charge in [-0.15, -0.1) is 11.3 Å². The standard InChI is InChI=1S/C12H8N2O3S/c15-11(16)9-10(13-12-14(9)6-7-18-12)17-8-4-2-1-3-5-8/h1-7H,(H,15,16). The Morgan fingerprint density at radius 2 is 2.11 bits per heavy atom. The molecule has 0 saturated heterocycles. The van der Waals surface area contributed by atoms with E-state index in [9.17, 15) is 9.90 Å². The van der Waals surface area contributed by atoms with Crippen molar-refractivity contribution >= 4 is 22.3 Å². The van der Waals surface area contributed by atoms with Crippen molar-refractivity contribution in [3.8, 4) is 11.6 Å². The maximum absolute atomic E-state index is 11.2. The molecule has 0 fully saturated rings. The zero-order valence-corrected chi connectivity index (χ0v) is 9.92. The van der Waals surface area contributed by atoms with Crippen molar-refractivity contribution in [2.75, 3.05) is 0 Å². The average Bonchev–Trinajstić information content (AvgIpc) is 2.89. The van der Waals surface area contributed by atoms with Crippen LogP contribution >= 0.6 is 11.3 Å². The molecule has 0 unspecified atom stereocenters. The fourth-order valence-electron chi connectivity index (χ4n) is 1.63. The third-order valence-electron chi connectivity index (χ3n) is 2.39. The summed E-state index contributed by atoms with van der Waals surface area (Å²) < 4.78 is 7.01. The first kappa shape index (κ1) is 10.8. The second kappa shape index (κ2) is 4.15. The lowest BCUT2D eigenvalue weighted by molar-refractivity contribution is 0.0686. The number of ether oxygens (including phenoxy) is 1. The highest BCUT2D eigenvalue weighted by Gasteiger charge is 2.21. The van der Waals surface area contributed by atoms with Gasteiger partial charge in [-0.1, -0.05) is 18.2 Å². The van der Waals surface area contributed by atoms with Crippen LogP contribution in [-0.2, 0) is 0 Å². The van der Waals surface area contributed by atoms with Crippen molar-refractivity contribution in [1.29, 1.82) is 0 Å². The molecule has 0 radical (unpaired) electrons. The van der Waals surface area contributed by atoms with Crippen LogP contribution in [0.5, 0.6) is 11.6 Å². The Kier molecular flexibility index (Phi) is 2.49. The number of aromatic carboxylic acids is 1. The van der Waals surface area contributed by atoms with Gasteiger partial charge in [-0.25, -0.2) is 4.79 Å². The number of carbonyl (C=O) groups is 1.